The summed E-state index contributed by atoms with van der Waals surface area (Å²) >= 11 is 0. The fourth-order valence-electron chi connectivity index (χ4n) is 0.546. The maximum absolute atomic E-state index is 5.54. The van der Waals surface area contributed by atoms with Crippen LogP contribution < -0.4 is 5.73 Å². The summed E-state index contributed by atoms with van der Waals surface area (Å²) < 4.78 is 0. The minimum atomic E-state index is 0.593. The first-order valence-electron chi connectivity index (χ1n) is 3.13. The molecule has 0 spiro atoms. The third kappa shape index (κ3) is 3.72. The molecule has 0 rings (SSSR count). The molecule has 0 fully saturated rings. The summed E-state index contributed by atoms with van der Waals surface area (Å²) in [7, 11) is 0. The van der Waals surface area contributed by atoms with Gasteiger partial charge < -0.3 is 5.73 Å². The van der Waals surface area contributed by atoms with Crippen molar-refractivity contribution >= 4 is 0 Å². The zero-order chi connectivity index (χ0) is 6.57. The van der Waals surface area contributed by atoms with Crippen LogP contribution in [0, 0.1) is 5.92 Å². The lowest BCUT2D eigenvalue weighted by Crippen LogP contribution is -1.96. The Balaban J connectivity index is 3.56. The molecule has 0 radical (unpaired) electrons. The van der Waals surface area contributed by atoms with Crippen molar-refractivity contribution in [2.24, 2.45) is 11.7 Å². The van der Waals surface area contributed by atoms with Gasteiger partial charge in [0.05, 0.1) is 0 Å². The number of rotatable bonds is 2. The maximum atomic E-state index is 5.54. The fourth-order valence-corrected chi connectivity index (χ4v) is 0.546. The van der Waals surface area contributed by atoms with Crippen LogP contribution in [0.4, 0.5) is 0 Å². The van der Waals surface area contributed by atoms with E-state index < -0.39 is 0 Å². The lowest BCUT2D eigenvalue weighted by molar-refractivity contribution is 0.810. The Kier molecular flexibility index (Phi) is 3.33. The van der Waals surface area contributed by atoms with Crippen LogP contribution in [0.2, 0.25) is 0 Å². The van der Waals surface area contributed by atoms with E-state index in [2.05, 4.69) is 26.8 Å². The Morgan fingerprint density at radius 2 is 2.12 bits per heavy atom. The molecule has 0 atom stereocenters. The monoisotopic (exact) mass is 113 g/mol. The molecule has 0 aliphatic heterocycles. The second-order valence-electron chi connectivity index (χ2n) is 2.34. The van der Waals surface area contributed by atoms with Gasteiger partial charge in [-0.1, -0.05) is 26.8 Å². The van der Waals surface area contributed by atoms with E-state index in [1.165, 1.54) is 0 Å². The van der Waals surface area contributed by atoms with Crippen molar-refractivity contribution in [3.8, 4) is 0 Å². The van der Waals surface area contributed by atoms with Gasteiger partial charge in [-0.05, 0) is 12.3 Å². The van der Waals surface area contributed by atoms with E-state index >= 15 is 0 Å². The van der Waals surface area contributed by atoms with Crippen molar-refractivity contribution in [1.82, 2.24) is 0 Å². The van der Waals surface area contributed by atoms with Gasteiger partial charge in [0, 0.05) is 5.70 Å². The van der Waals surface area contributed by atoms with E-state index in [9.17, 15) is 0 Å². The molecule has 0 bridgehead atoms. The summed E-state index contributed by atoms with van der Waals surface area (Å²) in [5.41, 5.74) is 6.54. The molecule has 0 saturated heterocycles. The third-order valence-corrected chi connectivity index (χ3v) is 0.956. The Morgan fingerprint density at radius 1 is 1.62 bits per heavy atom. The number of hydrogen-bond acceptors (Lipinski definition) is 1. The molecular weight excluding hydrogens is 98.1 g/mol. The molecule has 0 heterocycles. The van der Waals surface area contributed by atoms with Crippen LogP contribution in [0.25, 0.3) is 0 Å². The molecule has 1 nitrogen and oxygen atoms in total. The van der Waals surface area contributed by atoms with E-state index in [4.69, 9.17) is 5.73 Å². The van der Waals surface area contributed by atoms with Crippen molar-refractivity contribution < 1.29 is 0 Å². The normalized spacial score (nSPS) is 12.8. The molecule has 0 unspecified atom stereocenters. The zero-order valence-corrected chi connectivity index (χ0v) is 5.94. The van der Waals surface area contributed by atoms with Crippen molar-refractivity contribution in [2.45, 2.75) is 27.2 Å². The number of hydrogen-bond donors (Lipinski definition) is 1. The predicted molar refractivity (Wildman–Crippen MR) is 37.4 cm³/mol. The van der Waals surface area contributed by atoms with Crippen LogP contribution in [0.15, 0.2) is 11.8 Å². The van der Waals surface area contributed by atoms with Gasteiger partial charge in [-0.25, -0.2) is 0 Å². The van der Waals surface area contributed by atoms with E-state index in [-0.39, 0.29) is 0 Å². The highest BCUT2D eigenvalue weighted by Crippen LogP contribution is 1.98. The summed E-state index contributed by atoms with van der Waals surface area (Å²) in [6.45, 7) is 6.32. The molecule has 0 aliphatic rings. The van der Waals surface area contributed by atoms with Crippen LogP contribution >= 0.6 is 0 Å². The zero-order valence-electron chi connectivity index (χ0n) is 5.94. The van der Waals surface area contributed by atoms with Crippen LogP contribution in [0.1, 0.15) is 27.2 Å². The molecule has 0 amide bonds. The Hall–Kier alpha value is -0.460. The molecule has 8 heavy (non-hydrogen) atoms. The second-order valence-corrected chi connectivity index (χ2v) is 2.34. The molecule has 0 aromatic rings. The van der Waals surface area contributed by atoms with Gasteiger partial charge in [0.2, 0.25) is 0 Å². The van der Waals surface area contributed by atoms with Crippen LogP contribution in [0.3, 0.4) is 0 Å². The summed E-state index contributed by atoms with van der Waals surface area (Å²) in [6.07, 6.45) is 3.05. The SMILES string of the molecule is CCC(N)=CC(C)C. The van der Waals surface area contributed by atoms with Gasteiger partial charge in [-0.2, -0.15) is 0 Å². The first kappa shape index (κ1) is 7.54. The van der Waals surface area contributed by atoms with Gasteiger partial charge in [0.1, 0.15) is 0 Å². The Morgan fingerprint density at radius 3 is 2.25 bits per heavy atom. The first-order valence-corrected chi connectivity index (χ1v) is 3.13. The molecule has 1 heteroatoms. The molecule has 0 aliphatic carbocycles. The number of nitrogens with two attached hydrogens (primary N) is 1. The van der Waals surface area contributed by atoms with E-state index in [0.717, 1.165) is 12.1 Å². The summed E-state index contributed by atoms with van der Waals surface area (Å²) in [5, 5.41) is 0. The van der Waals surface area contributed by atoms with Crippen molar-refractivity contribution in [1.29, 1.82) is 0 Å². The molecule has 0 aromatic heterocycles. The van der Waals surface area contributed by atoms with Crippen LogP contribution in [0.5, 0.6) is 0 Å². The van der Waals surface area contributed by atoms with E-state index in [1.54, 1.807) is 0 Å². The Bertz CT molecular complexity index is 82.4. The molecule has 2 N–H and O–H groups in total. The quantitative estimate of drug-likeness (QED) is 0.581. The first-order chi connectivity index (χ1) is 3.66. The standard InChI is InChI=1S/C7H15N/c1-4-7(8)5-6(2)3/h5-6H,4,8H2,1-3H3. The molecular formula is C7H15N. The van der Waals surface area contributed by atoms with Gasteiger partial charge in [-0.3, -0.25) is 0 Å². The van der Waals surface area contributed by atoms with Crippen molar-refractivity contribution in [3.63, 3.8) is 0 Å². The van der Waals surface area contributed by atoms with Crippen molar-refractivity contribution in [3.05, 3.63) is 11.8 Å². The highest BCUT2D eigenvalue weighted by atomic mass is 14.6. The van der Waals surface area contributed by atoms with E-state index in [0.29, 0.717) is 5.92 Å². The predicted octanol–water partition coefficient (Wildman–Crippen LogP) is 1.90. The average Bonchev–Trinajstić information content (AvgIpc) is 1.65. The maximum Gasteiger partial charge on any atom is 0.00398 e. The Labute approximate surface area is 51.6 Å². The lowest BCUT2D eigenvalue weighted by atomic mass is 10.2. The molecule has 0 saturated carbocycles. The minimum Gasteiger partial charge on any atom is -0.402 e. The van der Waals surface area contributed by atoms with Crippen LogP contribution in [-0.4, -0.2) is 0 Å². The van der Waals surface area contributed by atoms with Gasteiger partial charge in [0.15, 0.2) is 0 Å². The second kappa shape index (κ2) is 3.53. The summed E-state index contributed by atoms with van der Waals surface area (Å²) in [4.78, 5) is 0. The van der Waals surface area contributed by atoms with Gasteiger partial charge in [0.25, 0.3) is 0 Å². The topological polar surface area (TPSA) is 26.0 Å². The lowest BCUT2D eigenvalue weighted by Gasteiger charge is -1.97. The van der Waals surface area contributed by atoms with E-state index in [1.807, 2.05) is 0 Å². The van der Waals surface area contributed by atoms with Crippen molar-refractivity contribution in [2.75, 3.05) is 0 Å². The third-order valence-electron chi connectivity index (χ3n) is 0.956. The minimum absolute atomic E-state index is 0.593. The van der Waals surface area contributed by atoms with Gasteiger partial charge in [-0.15, -0.1) is 0 Å². The smallest absolute Gasteiger partial charge is 0.00398 e. The highest BCUT2D eigenvalue weighted by molar-refractivity contribution is 4.96. The molecule has 48 valence electrons. The number of allylic oxidation sites excluding steroid dienone is 2. The molecule has 0 aromatic carbocycles. The fraction of sp³-hybridized carbons (Fsp3) is 0.714. The van der Waals surface area contributed by atoms with Gasteiger partial charge >= 0.3 is 0 Å². The largest absolute Gasteiger partial charge is 0.402 e. The highest BCUT2D eigenvalue weighted by Gasteiger charge is 1.86. The summed E-state index contributed by atoms with van der Waals surface area (Å²) in [6, 6.07) is 0. The summed E-state index contributed by atoms with van der Waals surface area (Å²) in [5.74, 6) is 0.593. The van der Waals surface area contributed by atoms with Crippen LogP contribution in [-0.2, 0) is 0 Å². The average molecular weight is 113 g/mol.